The lowest BCUT2D eigenvalue weighted by atomic mass is 10.1. The van der Waals surface area contributed by atoms with Crippen LogP contribution in [-0.4, -0.2) is 58.6 Å². The molecule has 0 amide bonds. The van der Waals surface area contributed by atoms with Gasteiger partial charge in [0.15, 0.2) is 0 Å². The molecule has 1 aliphatic heterocycles. The fourth-order valence-electron chi connectivity index (χ4n) is 2.78. The Balaban J connectivity index is 0.00000264. The first-order valence-corrected chi connectivity index (χ1v) is 9.00. The number of nitrogens with one attached hydrogen (secondary N) is 1. The maximum Gasteiger partial charge on any atom is 0.242 e. The molecule has 1 aromatic carbocycles. The molecule has 0 aliphatic carbocycles. The van der Waals surface area contributed by atoms with Crippen LogP contribution in [0.25, 0.3) is 0 Å². The van der Waals surface area contributed by atoms with Gasteiger partial charge in [-0.05, 0) is 33.0 Å². The normalized spacial score (nSPS) is 17.0. The number of nitrogens with two attached hydrogens (primary N) is 1. The molecule has 0 aromatic heterocycles. The number of nitrogens with zero attached hydrogens (tertiary/aromatic N) is 2. The van der Waals surface area contributed by atoms with Crippen molar-refractivity contribution in [2.75, 3.05) is 44.7 Å². The highest BCUT2D eigenvalue weighted by Crippen LogP contribution is 2.25. The summed E-state index contributed by atoms with van der Waals surface area (Å²) in [7, 11) is -2.01. The van der Waals surface area contributed by atoms with Crippen molar-refractivity contribution in [3.63, 3.8) is 0 Å². The number of halogens is 1. The molecule has 1 aliphatic rings. The standard InChI is InChI=1S/C15H26N4O2S.ClH/c1-15(2,16)12-18-8-10-19(11-9-18)13-6-4-5-7-14(13)22(20,21)17-3;/h4-7,17H,8-12,16H2,1-3H3;1H. The van der Waals surface area contributed by atoms with E-state index in [2.05, 4.69) is 14.5 Å². The van der Waals surface area contributed by atoms with Gasteiger partial charge in [0.1, 0.15) is 4.90 Å². The van der Waals surface area contributed by atoms with E-state index in [0.717, 1.165) is 38.4 Å². The maximum absolute atomic E-state index is 12.2. The molecule has 132 valence electrons. The molecule has 23 heavy (non-hydrogen) atoms. The number of hydrogen-bond acceptors (Lipinski definition) is 5. The monoisotopic (exact) mass is 362 g/mol. The predicted octanol–water partition coefficient (Wildman–Crippen LogP) is 0.876. The van der Waals surface area contributed by atoms with Gasteiger partial charge in [0.2, 0.25) is 10.0 Å². The summed E-state index contributed by atoms with van der Waals surface area (Å²) in [6.45, 7) is 8.25. The number of anilines is 1. The van der Waals surface area contributed by atoms with Crippen molar-refractivity contribution in [1.82, 2.24) is 9.62 Å². The first kappa shape index (κ1) is 20.2. The molecular formula is C15H27ClN4O2S. The van der Waals surface area contributed by atoms with Gasteiger partial charge in [-0.1, -0.05) is 12.1 Å². The summed E-state index contributed by atoms with van der Waals surface area (Å²) in [6, 6.07) is 7.14. The second-order valence-electron chi connectivity index (χ2n) is 6.43. The molecule has 1 aromatic rings. The lowest BCUT2D eigenvalue weighted by Gasteiger charge is -2.39. The van der Waals surface area contributed by atoms with Crippen molar-refractivity contribution in [2.24, 2.45) is 5.73 Å². The van der Waals surface area contributed by atoms with Gasteiger partial charge in [-0.2, -0.15) is 0 Å². The zero-order chi connectivity index (χ0) is 16.4. The zero-order valence-corrected chi connectivity index (χ0v) is 15.6. The van der Waals surface area contributed by atoms with E-state index >= 15 is 0 Å². The minimum absolute atomic E-state index is 0. The molecule has 0 spiro atoms. The molecule has 0 saturated carbocycles. The van der Waals surface area contributed by atoms with Gasteiger partial charge in [0.05, 0.1) is 5.69 Å². The van der Waals surface area contributed by atoms with Crippen LogP contribution in [-0.2, 0) is 10.0 Å². The summed E-state index contributed by atoms with van der Waals surface area (Å²) in [5.41, 5.74) is 6.62. The Kier molecular flexibility index (Phi) is 6.85. The van der Waals surface area contributed by atoms with E-state index < -0.39 is 10.0 Å². The van der Waals surface area contributed by atoms with Crippen LogP contribution in [0.3, 0.4) is 0 Å². The van der Waals surface area contributed by atoms with E-state index in [1.807, 2.05) is 26.0 Å². The Morgan fingerprint density at radius 1 is 1.17 bits per heavy atom. The molecule has 0 radical (unpaired) electrons. The number of rotatable bonds is 5. The van der Waals surface area contributed by atoms with E-state index in [1.165, 1.54) is 7.05 Å². The Morgan fingerprint density at radius 3 is 2.26 bits per heavy atom. The first-order valence-electron chi connectivity index (χ1n) is 7.52. The fourth-order valence-corrected chi connectivity index (χ4v) is 3.73. The van der Waals surface area contributed by atoms with Crippen LogP contribution in [0.1, 0.15) is 13.8 Å². The van der Waals surface area contributed by atoms with Crippen molar-refractivity contribution < 1.29 is 8.42 Å². The fraction of sp³-hybridized carbons (Fsp3) is 0.600. The summed E-state index contributed by atoms with van der Waals surface area (Å²) in [6.07, 6.45) is 0. The topological polar surface area (TPSA) is 78.7 Å². The molecule has 3 N–H and O–H groups in total. The lowest BCUT2D eigenvalue weighted by Crippen LogP contribution is -2.53. The number of hydrogen-bond donors (Lipinski definition) is 2. The Labute approximate surface area is 145 Å². The summed E-state index contributed by atoms with van der Waals surface area (Å²) in [5.74, 6) is 0. The highest BCUT2D eigenvalue weighted by Gasteiger charge is 2.25. The van der Waals surface area contributed by atoms with Crippen molar-refractivity contribution >= 4 is 28.1 Å². The third-order valence-electron chi connectivity index (χ3n) is 3.77. The second-order valence-corrected chi connectivity index (χ2v) is 8.28. The van der Waals surface area contributed by atoms with Gasteiger partial charge in [0, 0.05) is 38.3 Å². The van der Waals surface area contributed by atoms with E-state index in [-0.39, 0.29) is 17.9 Å². The smallest absolute Gasteiger partial charge is 0.242 e. The lowest BCUT2D eigenvalue weighted by molar-refractivity contribution is 0.214. The van der Waals surface area contributed by atoms with E-state index in [1.54, 1.807) is 12.1 Å². The van der Waals surface area contributed by atoms with Crippen LogP contribution in [0.2, 0.25) is 0 Å². The summed E-state index contributed by atoms with van der Waals surface area (Å²) >= 11 is 0. The van der Waals surface area contributed by atoms with Gasteiger partial charge in [0.25, 0.3) is 0 Å². The van der Waals surface area contributed by atoms with Crippen molar-refractivity contribution in [3.8, 4) is 0 Å². The largest absolute Gasteiger partial charge is 0.368 e. The SMILES string of the molecule is CNS(=O)(=O)c1ccccc1N1CCN(CC(C)(C)N)CC1.Cl. The first-order chi connectivity index (χ1) is 10.2. The molecule has 8 heteroatoms. The Bertz CT molecular complexity index is 608. The van der Waals surface area contributed by atoms with E-state index in [0.29, 0.717) is 4.90 Å². The molecule has 1 saturated heterocycles. The summed E-state index contributed by atoms with van der Waals surface area (Å²) < 4.78 is 26.7. The van der Waals surface area contributed by atoms with Crippen LogP contribution in [0.4, 0.5) is 5.69 Å². The second kappa shape index (κ2) is 7.81. The maximum atomic E-state index is 12.2. The van der Waals surface area contributed by atoms with Gasteiger partial charge in [-0.3, -0.25) is 4.90 Å². The summed E-state index contributed by atoms with van der Waals surface area (Å²) in [5, 5.41) is 0. The third kappa shape index (κ3) is 5.32. The van der Waals surface area contributed by atoms with Crippen molar-refractivity contribution in [3.05, 3.63) is 24.3 Å². The minimum Gasteiger partial charge on any atom is -0.368 e. The van der Waals surface area contributed by atoms with Crippen molar-refractivity contribution in [2.45, 2.75) is 24.3 Å². The molecule has 1 heterocycles. The molecule has 0 atom stereocenters. The summed E-state index contributed by atoms with van der Waals surface area (Å²) in [4.78, 5) is 4.79. The Morgan fingerprint density at radius 2 is 1.74 bits per heavy atom. The average Bonchev–Trinajstić information content (AvgIpc) is 2.46. The molecule has 2 rings (SSSR count). The van der Waals surface area contributed by atoms with E-state index in [9.17, 15) is 8.42 Å². The third-order valence-corrected chi connectivity index (χ3v) is 5.23. The van der Waals surface area contributed by atoms with Crippen LogP contribution < -0.4 is 15.4 Å². The molecule has 0 unspecified atom stereocenters. The average molecular weight is 363 g/mol. The number of benzene rings is 1. The number of para-hydroxylation sites is 1. The number of piperazine rings is 1. The highest BCUT2D eigenvalue weighted by molar-refractivity contribution is 7.89. The molecule has 0 bridgehead atoms. The molecular weight excluding hydrogens is 336 g/mol. The van der Waals surface area contributed by atoms with E-state index in [4.69, 9.17) is 5.73 Å². The minimum atomic E-state index is -3.45. The van der Waals surface area contributed by atoms with Crippen LogP contribution >= 0.6 is 12.4 Å². The van der Waals surface area contributed by atoms with Gasteiger partial charge < -0.3 is 10.6 Å². The quantitative estimate of drug-likeness (QED) is 0.812. The molecule has 6 nitrogen and oxygen atoms in total. The Hall–Kier alpha value is -0.860. The van der Waals surface area contributed by atoms with Gasteiger partial charge in [-0.15, -0.1) is 12.4 Å². The zero-order valence-electron chi connectivity index (χ0n) is 13.9. The van der Waals surface area contributed by atoms with Crippen molar-refractivity contribution in [1.29, 1.82) is 0 Å². The molecule has 1 fully saturated rings. The highest BCUT2D eigenvalue weighted by atomic mass is 35.5. The number of sulfonamides is 1. The van der Waals surface area contributed by atoms with Gasteiger partial charge in [-0.25, -0.2) is 13.1 Å². The van der Waals surface area contributed by atoms with Crippen LogP contribution in [0, 0.1) is 0 Å². The van der Waals surface area contributed by atoms with Crippen LogP contribution in [0.15, 0.2) is 29.2 Å². The van der Waals surface area contributed by atoms with Crippen LogP contribution in [0.5, 0.6) is 0 Å². The van der Waals surface area contributed by atoms with Gasteiger partial charge >= 0.3 is 0 Å². The predicted molar refractivity (Wildman–Crippen MR) is 96.9 cm³/mol.